The van der Waals surface area contributed by atoms with E-state index in [1.807, 2.05) is 0 Å². The van der Waals surface area contributed by atoms with Crippen LogP contribution in [-0.2, 0) is 4.79 Å². The summed E-state index contributed by atoms with van der Waals surface area (Å²) in [5.74, 6) is -2.08. The van der Waals surface area contributed by atoms with Crippen molar-refractivity contribution in [3.8, 4) is 5.75 Å². The number of ketones is 3. The maximum atomic E-state index is 12.4. The highest BCUT2D eigenvalue weighted by Crippen LogP contribution is 2.27. The third kappa shape index (κ3) is 2.01. The molecule has 1 heterocycles. The molecule has 21 heavy (non-hydrogen) atoms. The maximum Gasteiger partial charge on any atom is 0.236 e. The summed E-state index contributed by atoms with van der Waals surface area (Å²) >= 11 is 0. The molecule has 2 radical (unpaired) electrons. The van der Waals surface area contributed by atoms with E-state index in [1.54, 1.807) is 0 Å². The number of fused-ring (bicyclic) bond motifs is 1. The molecular formula is C15H7BO5. The molecule has 0 saturated carbocycles. The Hall–Kier alpha value is -2.89. The highest BCUT2D eigenvalue weighted by atomic mass is 16.3. The molecule has 0 spiro atoms. The Morgan fingerprint density at radius 1 is 1.10 bits per heavy atom. The summed E-state index contributed by atoms with van der Waals surface area (Å²) in [4.78, 5) is 36.0. The molecule has 1 aliphatic carbocycles. The predicted octanol–water partition coefficient (Wildman–Crippen LogP) is 1.49. The van der Waals surface area contributed by atoms with Crippen LogP contribution in [0.25, 0.3) is 6.08 Å². The summed E-state index contributed by atoms with van der Waals surface area (Å²) in [7, 11) is 5.41. The van der Waals surface area contributed by atoms with Crippen molar-refractivity contribution in [2.45, 2.75) is 0 Å². The molecule has 2 aromatic rings. The molecule has 3 rings (SSSR count). The van der Waals surface area contributed by atoms with E-state index in [9.17, 15) is 19.5 Å². The molecule has 1 aromatic carbocycles. The lowest BCUT2D eigenvalue weighted by molar-refractivity contribution is -0.111. The van der Waals surface area contributed by atoms with Crippen LogP contribution < -0.4 is 0 Å². The fourth-order valence-electron chi connectivity index (χ4n) is 2.10. The van der Waals surface area contributed by atoms with Crippen molar-refractivity contribution in [3.63, 3.8) is 0 Å². The van der Waals surface area contributed by atoms with Gasteiger partial charge < -0.3 is 9.52 Å². The number of phenolic OH excluding ortho intramolecular Hbond substituents is 1. The number of rotatable bonds is 2. The van der Waals surface area contributed by atoms with Crippen LogP contribution in [0, 0.1) is 0 Å². The number of allylic oxidation sites excluding steroid dienone is 1. The second-order valence-electron chi connectivity index (χ2n) is 4.52. The Labute approximate surface area is 120 Å². The van der Waals surface area contributed by atoms with Gasteiger partial charge in [0.1, 0.15) is 25.6 Å². The average molecular weight is 278 g/mol. The predicted molar refractivity (Wildman–Crippen MR) is 73.3 cm³/mol. The first kappa shape index (κ1) is 13.1. The van der Waals surface area contributed by atoms with Gasteiger partial charge in [-0.05, 0) is 35.8 Å². The van der Waals surface area contributed by atoms with Crippen LogP contribution in [0.1, 0.15) is 32.0 Å². The monoisotopic (exact) mass is 278 g/mol. The Morgan fingerprint density at radius 2 is 1.76 bits per heavy atom. The SMILES string of the molecule is [B]C1=Cc2occ(C(=O)c3ccc(O)cc3)c2C(=O)C1=O. The second-order valence-corrected chi connectivity index (χ2v) is 4.52. The molecule has 0 unspecified atom stereocenters. The van der Waals surface area contributed by atoms with Crippen LogP contribution in [0.4, 0.5) is 0 Å². The summed E-state index contributed by atoms with van der Waals surface area (Å²) < 4.78 is 5.14. The zero-order valence-electron chi connectivity index (χ0n) is 10.6. The number of Topliss-reactive ketones (excluding diaryl/α,β-unsaturated/α-hetero) is 2. The van der Waals surface area contributed by atoms with Gasteiger partial charge in [0.05, 0.1) is 11.1 Å². The van der Waals surface area contributed by atoms with Gasteiger partial charge in [0.15, 0.2) is 5.78 Å². The van der Waals surface area contributed by atoms with Crippen molar-refractivity contribution in [2.75, 3.05) is 0 Å². The molecule has 100 valence electrons. The lowest BCUT2D eigenvalue weighted by Gasteiger charge is -2.08. The highest BCUT2D eigenvalue weighted by molar-refractivity contribution is 6.62. The quantitative estimate of drug-likeness (QED) is 0.511. The van der Waals surface area contributed by atoms with Crippen LogP contribution >= 0.6 is 0 Å². The normalized spacial score (nSPS) is 13.8. The van der Waals surface area contributed by atoms with Gasteiger partial charge in [-0.25, -0.2) is 0 Å². The van der Waals surface area contributed by atoms with Crippen LogP contribution in [0.15, 0.2) is 40.4 Å². The van der Waals surface area contributed by atoms with Crippen LogP contribution in [-0.4, -0.2) is 30.3 Å². The van der Waals surface area contributed by atoms with Crippen molar-refractivity contribution in [1.82, 2.24) is 0 Å². The minimum Gasteiger partial charge on any atom is -0.508 e. The molecule has 0 amide bonds. The first-order chi connectivity index (χ1) is 9.99. The van der Waals surface area contributed by atoms with Crippen LogP contribution in [0.2, 0.25) is 0 Å². The van der Waals surface area contributed by atoms with E-state index in [2.05, 4.69) is 0 Å². The zero-order valence-corrected chi connectivity index (χ0v) is 10.6. The highest BCUT2D eigenvalue weighted by Gasteiger charge is 2.32. The van der Waals surface area contributed by atoms with Gasteiger partial charge in [-0.2, -0.15) is 0 Å². The van der Waals surface area contributed by atoms with E-state index >= 15 is 0 Å². The Morgan fingerprint density at radius 3 is 2.43 bits per heavy atom. The third-order valence-electron chi connectivity index (χ3n) is 3.18. The second kappa shape index (κ2) is 4.59. The molecule has 1 aromatic heterocycles. The molecule has 0 fully saturated rings. The summed E-state index contributed by atoms with van der Waals surface area (Å²) in [5, 5.41) is 9.22. The Kier molecular flexibility index (Phi) is 2.87. The lowest BCUT2D eigenvalue weighted by atomic mass is 9.81. The Balaban J connectivity index is 2.10. The van der Waals surface area contributed by atoms with Gasteiger partial charge >= 0.3 is 0 Å². The van der Waals surface area contributed by atoms with Gasteiger partial charge in [-0.1, -0.05) is 0 Å². The summed E-state index contributed by atoms with van der Waals surface area (Å²) in [6.07, 6.45) is 2.35. The molecule has 0 saturated heterocycles. The Bertz CT molecular complexity index is 811. The summed E-state index contributed by atoms with van der Waals surface area (Å²) in [6.45, 7) is 0. The van der Waals surface area contributed by atoms with Crippen LogP contribution in [0.5, 0.6) is 5.75 Å². The minimum absolute atomic E-state index is 0.00205. The fourth-order valence-corrected chi connectivity index (χ4v) is 2.10. The number of furan rings is 1. The van der Waals surface area contributed by atoms with Crippen molar-refractivity contribution in [3.05, 3.63) is 58.5 Å². The molecule has 0 aliphatic heterocycles. The number of phenols is 1. The van der Waals surface area contributed by atoms with E-state index < -0.39 is 17.3 Å². The maximum absolute atomic E-state index is 12.4. The third-order valence-corrected chi connectivity index (χ3v) is 3.18. The van der Waals surface area contributed by atoms with Crippen molar-refractivity contribution < 1.29 is 23.9 Å². The number of aromatic hydroxyl groups is 1. The number of benzene rings is 1. The van der Waals surface area contributed by atoms with E-state index in [4.69, 9.17) is 12.3 Å². The number of carbonyl (C=O) groups is 3. The zero-order chi connectivity index (χ0) is 15.1. The molecule has 0 atom stereocenters. The lowest BCUT2D eigenvalue weighted by Crippen LogP contribution is -2.22. The number of hydrogen-bond acceptors (Lipinski definition) is 5. The molecule has 5 nitrogen and oxygen atoms in total. The molecule has 1 N–H and O–H groups in total. The van der Waals surface area contributed by atoms with Gasteiger partial charge in [-0.15, -0.1) is 0 Å². The smallest absolute Gasteiger partial charge is 0.236 e. The number of hydrogen-bond donors (Lipinski definition) is 1. The molecule has 6 heteroatoms. The average Bonchev–Trinajstić information content (AvgIpc) is 2.88. The van der Waals surface area contributed by atoms with Gasteiger partial charge in [0.2, 0.25) is 11.6 Å². The van der Waals surface area contributed by atoms with Gasteiger partial charge in [0.25, 0.3) is 0 Å². The molecular weight excluding hydrogens is 271 g/mol. The van der Waals surface area contributed by atoms with E-state index in [0.717, 1.165) is 6.26 Å². The molecule has 0 bridgehead atoms. The minimum atomic E-state index is -0.860. The standard InChI is InChI=1S/C15H7BO5/c16-10-5-11-12(15(20)14(10)19)9(6-21-11)13(18)7-1-3-8(17)4-2-7/h1-6,17H. The number of carbonyl (C=O) groups excluding carboxylic acids is 3. The van der Waals surface area contributed by atoms with E-state index in [1.165, 1.54) is 30.3 Å². The molecule has 1 aliphatic rings. The van der Waals surface area contributed by atoms with Gasteiger partial charge in [0, 0.05) is 5.56 Å². The van der Waals surface area contributed by atoms with Crippen molar-refractivity contribution in [1.29, 1.82) is 0 Å². The topological polar surface area (TPSA) is 84.6 Å². The first-order valence-electron chi connectivity index (χ1n) is 6.00. The van der Waals surface area contributed by atoms with Gasteiger partial charge in [-0.3, -0.25) is 14.4 Å². The van der Waals surface area contributed by atoms with Crippen LogP contribution in [0.3, 0.4) is 0 Å². The van der Waals surface area contributed by atoms with Crippen molar-refractivity contribution >= 4 is 31.3 Å². The summed E-state index contributed by atoms with van der Waals surface area (Å²) in [6, 6.07) is 5.53. The van der Waals surface area contributed by atoms with E-state index in [-0.39, 0.29) is 33.7 Å². The first-order valence-corrected chi connectivity index (χ1v) is 6.00. The largest absolute Gasteiger partial charge is 0.508 e. The summed E-state index contributed by atoms with van der Waals surface area (Å²) in [5.41, 5.74) is -0.0327. The fraction of sp³-hybridized carbons (Fsp3) is 0. The van der Waals surface area contributed by atoms with E-state index in [0.29, 0.717) is 0 Å². The van der Waals surface area contributed by atoms with Crippen molar-refractivity contribution in [2.24, 2.45) is 0 Å².